The van der Waals surface area contributed by atoms with E-state index in [2.05, 4.69) is 62.9 Å². The van der Waals surface area contributed by atoms with Crippen LogP contribution in [0.1, 0.15) is 77.3 Å². The molecule has 0 N–H and O–H groups in total. The molecule has 6 rings (SSSR count). The Bertz CT molecular complexity index is 1600. The highest BCUT2D eigenvalue weighted by Crippen LogP contribution is 2.54. The summed E-state index contributed by atoms with van der Waals surface area (Å²) in [5, 5.41) is 2.34. The molecule has 0 aromatic heterocycles. The number of ether oxygens (including phenoxy) is 2. The second kappa shape index (κ2) is 10.4. The fraction of sp³-hybridized carbons (Fsp3) is 0.405. The van der Waals surface area contributed by atoms with E-state index in [4.69, 9.17) is 9.47 Å². The highest BCUT2D eigenvalue weighted by molar-refractivity contribution is 6.06. The molecule has 3 aromatic carbocycles. The number of ketones is 2. The second-order valence-corrected chi connectivity index (χ2v) is 13.7. The zero-order valence-electron chi connectivity index (χ0n) is 25.7. The minimum absolute atomic E-state index is 0.128. The molecule has 0 radical (unpaired) electrons. The Morgan fingerprint density at radius 1 is 0.762 bits per heavy atom. The minimum atomic E-state index is -0.398. The minimum Gasteiger partial charge on any atom is -0.490 e. The third-order valence-corrected chi connectivity index (χ3v) is 9.04. The number of nitrogens with zero attached hydrogens (tertiary/aromatic N) is 1. The highest BCUT2D eigenvalue weighted by Gasteiger charge is 2.48. The lowest BCUT2D eigenvalue weighted by Crippen LogP contribution is -2.43. The molecule has 0 atom stereocenters. The number of hydrogen-bond donors (Lipinski definition) is 0. The van der Waals surface area contributed by atoms with E-state index < -0.39 is 5.92 Å². The molecule has 5 heteroatoms. The van der Waals surface area contributed by atoms with E-state index in [9.17, 15) is 9.59 Å². The van der Waals surface area contributed by atoms with E-state index in [1.165, 1.54) is 5.39 Å². The summed E-state index contributed by atoms with van der Waals surface area (Å²) in [5.41, 5.74) is 5.41. The van der Waals surface area contributed by atoms with E-state index in [0.29, 0.717) is 37.6 Å². The first kappa shape index (κ1) is 28.3. The quantitative estimate of drug-likeness (QED) is 0.303. The number of carbonyl (C=O) groups is 2. The van der Waals surface area contributed by atoms with Gasteiger partial charge in [0.2, 0.25) is 0 Å². The van der Waals surface area contributed by atoms with Crippen molar-refractivity contribution in [1.29, 1.82) is 0 Å². The van der Waals surface area contributed by atoms with Gasteiger partial charge in [0.25, 0.3) is 0 Å². The molecule has 0 unspecified atom stereocenters. The fourth-order valence-corrected chi connectivity index (χ4v) is 7.16. The molecule has 0 saturated carbocycles. The first-order chi connectivity index (χ1) is 20.0. The van der Waals surface area contributed by atoms with Crippen molar-refractivity contribution < 1.29 is 19.1 Å². The Morgan fingerprint density at radius 3 is 2.02 bits per heavy atom. The molecular weight excluding hydrogens is 522 g/mol. The molecule has 3 aliphatic rings. The van der Waals surface area contributed by atoms with Crippen LogP contribution >= 0.6 is 0 Å². The molecule has 42 heavy (non-hydrogen) atoms. The highest BCUT2D eigenvalue weighted by atomic mass is 16.5. The van der Waals surface area contributed by atoms with Crippen LogP contribution in [-0.2, 0) is 16.2 Å². The van der Waals surface area contributed by atoms with Crippen LogP contribution in [0, 0.1) is 10.8 Å². The number of hydrogen-bond acceptors (Lipinski definition) is 5. The molecule has 3 aromatic rings. The first-order valence-electron chi connectivity index (χ1n) is 15.1. The molecule has 5 nitrogen and oxygen atoms in total. The molecule has 1 aliphatic heterocycles. The molecular formula is C37H41NO4. The SMILES string of the molecule is CCOc1cc(C2C3=C(CC(C)(C)CC3=O)N(C)C3=C2C(=O)CC(C)(C)C3)ccc1OCc1cccc2ccccc12. The predicted molar refractivity (Wildman–Crippen MR) is 166 cm³/mol. The van der Waals surface area contributed by atoms with Crippen LogP contribution in [0.2, 0.25) is 0 Å². The summed E-state index contributed by atoms with van der Waals surface area (Å²) in [6.45, 7) is 11.5. The zero-order chi connectivity index (χ0) is 29.8. The van der Waals surface area contributed by atoms with Crippen LogP contribution in [-0.4, -0.2) is 30.1 Å². The summed E-state index contributed by atoms with van der Waals surface area (Å²) < 4.78 is 12.5. The molecule has 0 saturated heterocycles. The van der Waals surface area contributed by atoms with Gasteiger partial charge in [-0.05, 0) is 64.6 Å². The van der Waals surface area contributed by atoms with Crippen LogP contribution in [0.4, 0.5) is 0 Å². The van der Waals surface area contributed by atoms with Crippen molar-refractivity contribution in [3.8, 4) is 11.5 Å². The predicted octanol–water partition coefficient (Wildman–Crippen LogP) is 8.13. The van der Waals surface area contributed by atoms with Gasteiger partial charge in [-0.1, -0.05) is 76.2 Å². The van der Waals surface area contributed by atoms with Crippen molar-refractivity contribution in [2.75, 3.05) is 13.7 Å². The summed E-state index contributed by atoms with van der Waals surface area (Å²) >= 11 is 0. The maximum atomic E-state index is 13.9. The van der Waals surface area contributed by atoms with Gasteiger partial charge in [0, 0.05) is 48.3 Å². The number of allylic oxidation sites excluding steroid dienone is 4. The van der Waals surface area contributed by atoms with Gasteiger partial charge in [0.05, 0.1) is 6.61 Å². The summed E-state index contributed by atoms with van der Waals surface area (Å²) in [5.74, 6) is 1.15. The maximum absolute atomic E-state index is 13.9. The number of fused-ring (bicyclic) bond motifs is 1. The summed E-state index contributed by atoms with van der Waals surface area (Å²) in [4.78, 5) is 29.9. The van der Waals surface area contributed by atoms with Gasteiger partial charge in [-0.25, -0.2) is 0 Å². The van der Waals surface area contributed by atoms with Crippen molar-refractivity contribution >= 4 is 22.3 Å². The number of carbonyl (C=O) groups excluding carboxylic acids is 2. The topological polar surface area (TPSA) is 55.8 Å². The molecule has 0 spiro atoms. The Hall–Kier alpha value is -3.86. The number of rotatable bonds is 6. The lowest BCUT2D eigenvalue weighted by atomic mass is 9.64. The van der Waals surface area contributed by atoms with Crippen LogP contribution in [0.15, 0.2) is 83.2 Å². The monoisotopic (exact) mass is 563 g/mol. The number of benzene rings is 3. The first-order valence-corrected chi connectivity index (χ1v) is 15.1. The Labute approximate surface area is 249 Å². The van der Waals surface area contributed by atoms with Gasteiger partial charge < -0.3 is 14.4 Å². The van der Waals surface area contributed by atoms with Gasteiger partial charge in [-0.3, -0.25) is 9.59 Å². The average molecular weight is 564 g/mol. The third kappa shape index (κ3) is 5.04. The van der Waals surface area contributed by atoms with Gasteiger partial charge >= 0.3 is 0 Å². The largest absolute Gasteiger partial charge is 0.490 e. The third-order valence-electron chi connectivity index (χ3n) is 9.04. The lowest BCUT2D eigenvalue weighted by molar-refractivity contribution is -0.119. The van der Waals surface area contributed by atoms with E-state index in [1.807, 2.05) is 44.3 Å². The van der Waals surface area contributed by atoms with Crippen LogP contribution in [0.5, 0.6) is 11.5 Å². The average Bonchev–Trinajstić information content (AvgIpc) is 2.92. The van der Waals surface area contributed by atoms with Gasteiger partial charge in [-0.15, -0.1) is 0 Å². The normalized spacial score (nSPS) is 20.1. The maximum Gasteiger partial charge on any atom is 0.162 e. The number of Topliss-reactive ketones (excluding diaryl/α,β-unsaturated/α-hetero) is 2. The second-order valence-electron chi connectivity index (χ2n) is 13.7. The Balaban J connectivity index is 1.42. The zero-order valence-corrected chi connectivity index (χ0v) is 25.7. The Kier molecular flexibility index (Phi) is 7.03. The van der Waals surface area contributed by atoms with E-state index in [-0.39, 0.29) is 22.4 Å². The van der Waals surface area contributed by atoms with Crippen molar-refractivity contribution in [1.82, 2.24) is 4.90 Å². The molecule has 0 fully saturated rings. The summed E-state index contributed by atoms with van der Waals surface area (Å²) in [7, 11) is 2.04. The van der Waals surface area contributed by atoms with Crippen molar-refractivity contribution in [2.24, 2.45) is 10.8 Å². The molecule has 218 valence electrons. The summed E-state index contributed by atoms with van der Waals surface area (Å²) in [6, 6.07) is 20.5. The molecule has 2 aliphatic carbocycles. The van der Waals surface area contributed by atoms with E-state index in [0.717, 1.165) is 51.9 Å². The molecule has 0 amide bonds. The van der Waals surface area contributed by atoms with Crippen molar-refractivity contribution in [3.63, 3.8) is 0 Å². The Morgan fingerprint density at radius 2 is 1.38 bits per heavy atom. The van der Waals surface area contributed by atoms with Crippen LogP contribution in [0.25, 0.3) is 10.8 Å². The van der Waals surface area contributed by atoms with Crippen LogP contribution < -0.4 is 9.47 Å². The van der Waals surface area contributed by atoms with Crippen molar-refractivity contribution in [3.05, 3.63) is 94.3 Å². The fourth-order valence-electron chi connectivity index (χ4n) is 7.16. The van der Waals surface area contributed by atoms with Crippen LogP contribution in [0.3, 0.4) is 0 Å². The smallest absolute Gasteiger partial charge is 0.162 e. The van der Waals surface area contributed by atoms with Gasteiger partial charge in [0.1, 0.15) is 6.61 Å². The standard InChI is InChI=1S/C37H41NO4/c1-7-41-32-17-24(15-16-31(32)42-22-25-13-10-12-23-11-8-9-14-26(23)25)33-34-27(18-36(2,3)20-29(34)39)38(6)28-19-37(4,5)21-30(40)35(28)33/h8-17,33H,7,18-22H2,1-6H3. The van der Waals surface area contributed by atoms with Crippen molar-refractivity contribution in [2.45, 2.75) is 72.8 Å². The van der Waals surface area contributed by atoms with E-state index >= 15 is 0 Å². The van der Waals surface area contributed by atoms with Gasteiger partial charge in [-0.2, -0.15) is 0 Å². The van der Waals surface area contributed by atoms with Gasteiger partial charge in [0.15, 0.2) is 23.1 Å². The summed E-state index contributed by atoms with van der Waals surface area (Å²) in [6.07, 6.45) is 2.56. The molecule has 1 heterocycles. The van der Waals surface area contributed by atoms with E-state index in [1.54, 1.807) is 0 Å². The lowest BCUT2D eigenvalue weighted by Gasteiger charge is -2.47. The molecule has 0 bridgehead atoms.